The monoisotopic (exact) mass is 609 g/mol. The number of allylic oxidation sites excluding steroid dienone is 1. The Bertz CT molecular complexity index is 1490. The van der Waals surface area contributed by atoms with Crippen molar-refractivity contribution in [2.45, 2.75) is 118 Å². The molecule has 0 bridgehead atoms. The smallest absolute Gasteiger partial charge is 0.0560 e. The fourth-order valence-corrected chi connectivity index (χ4v) is 8.37. The first-order valence-electron chi connectivity index (χ1n) is 18.2. The molecule has 3 fully saturated rings. The molecule has 3 aliphatic rings. The van der Waals surface area contributed by atoms with Crippen molar-refractivity contribution in [2.75, 3.05) is 49.1 Å². The highest BCUT2D eigenvalue weighted by Crippen LogP contribution is 2.44. The van der Waals surface area contributed by atoms with Crippen molar-refractivity contribution in [2.24, 2.45) is 5.41 Å². The van der Waals surface area contributed by atoms with Gasteiger partial charge in [-0.15, -0.1) is 6.58 Å². The Labute approximate surface area is 273 Å². The number of nitrogens with zero attached hydrogens (tertiary/aromatic N) is 5. The van der Waals surface area contributed by atoms with E-state index in [-0.39, 0.29) is 5.41 Å². The van der Waals surface area contributed by atoms with Gasteiger partial charge in [0.15, 0.2) is 0 Å². The van der Waals surface area contributed by atoms with Crippen molar-refractivity contribution in [1.29, 1.82) is 0 Å². The van der Waals surface area contributed by atoms with E-state index in [1.807, 2.05) is 0 Å². The van der Waals surface area contributed by atoms with Crippen LogP contribution in [0.2, 0.25) is 0 Å². The average Bonchev–Trinajstić information content (AvgIpc) is 3.35. The quantitative estimate of drug-likeness (QED) is 0.214. The lowest BCUT2D eigenvalue weighted by Crippen LogP contribution is -2.54. The second-order valence-electron chi connectivity index (χ2n) is 15.5. The fraction of sp³-hybridized carbons (Fsp3) is 0.625. The Kier molecular flexibility index (Phi) is 9.66. The number of pyridine rings is 1. The van der Waals surface area contributed by atoms with E-state index in [1.165, 1.54) is 115 Å². The molecule has 3 aliphatic heterocycles. The molecule has 3 saturated heterocycles. The Morgan fingerprint density at radius 3 is 2.47 bits per heavy atom. The van der Waals surface area contributed by atoms with E-state index in [9.17, 15) is 0 Å². The van der Waals surface area contributed by atoms with Crippen LogP contribution in [0.15, 0.2) is 42.6 Å². The Morgan fingerprint density at radius 2 is 1.73 bits per heavy atom. The van der Waals surface area contributed by atoms with Gasteiger partial charge in [-0.2, -0.15) is 0 Å². The molecule has 1 aromatic carbocycles. The predicted octanol–water partition coefficient (Wildman–Crippen LogP) is 9.44. The summed E-state index contributed by atoms with van der Waals surface area (Å²) in [6, 6.07) is 10.6. The molecule has 5 heterocycles. The molecule has 0 saturated carbocycles. The highest BCUT2D eigenvalue weighted by molar-refractivity contribution is 5.95. The van der Waals surface area contributed by atoms with Gasteiger partial charge in [0.2, 0.25) is 0 Å². The molecule has 1 unspecified atom stereocenters. The van der Waals surface area contributed by atoms with Crippen molar-refractivity contribution in [3.05, 3.63) is 53.9 Å². The largest absolute Gasteiger partial charge is 0.372 e. The van der Waals surface area contributed by atoms with E-state index in [4.69, 9.17) is 4.98 Å². The maximum absolute atomic E-state index is 5.28. The molecular weight excluding hydrogens is 550 g/mol. The van der Waals surface area contributed by atoms with Crippen molar-refractivity contribution >= 4 is 22.3 Å². The summed E-state index contributed by atoms with van der Waals surface area (Å²) in [6.45, 7) is 26.3. The lowest BCUT2D eigenvalue weighted by atomic mass is 9.79. The fourth-order valence-electron chi connectivity index (χ4n) is 8.37. The predicted molar refractivity (Wildman–Crippen MR) is 194 cm³/mol. The number of anilines is 2. The lowest BCUT2D eigenvalue weighted by molar-refractivity contribution is 0.133. The lowest BCUT2D eigenvalue weighted by Gasteiger charge is -2.45. The minimum absolute atomic E-state index is 0.155. The molecular formula is C40H59N5. The van der Waals surface area contributed by atoms with E-state index in [2.05, 4.69) is 97.9 Å². The number of benzene rings is 1. The number of aryl methyl sites for hydroxylation is 1. The number of piperazine rings is 1. The molecule has 0 spiro atoms. The van der Waals surface area contributed by atoms with E-state index < -0.39 is 0 Å². The normalized spacial score (nSPS) is 19.8. The number of rotatable bonds is 10. The van der Waals surface area contributed by atoms with Gasteiger partial charge in [0, 0.05) is 67.5 Å². The number of fused-ring (bicyclic) bond motifs is 2. The van der Waals surface area contributed by atoms with Crippen LogP contribution in [0.25, 0.3) is 22.2 Å². The van der Waals surface area contributed by atoms with E-state index in [0.29, 0.717) is 12.0 Å². The average molecular weight is 610 g/mol. The van der Waals surface area contributed by atoms with Gasteiger partial charge >= 0.3 is 0 Å². The summed E-state index contributed by atoms with van der Waals surface area (Å²) in [7, 11) is 0. The zero-order valence-corrected chi connectivity index (χ0v) is 29.3. The van der Waals surface area contributed by atoms with Gasteiger partial charge in [-0.3, -0.25) is 9.88 Å². The summed E-state index contributed by atoms with van der Waals surface area (Å²) in [4.78, 5) is 13.3. The van der Waals surface area contributed by atoms with Gasteiger partial charge in [0.1, 0.15) is 0 Å². The molecule has 5 heteroatoms. The van der Waals surface area contributed by atoms with Crippen molar-refractivity contribution in [3.63, 3.8) is 0 Å². The summed E-state index contributed by atoms with van der Waals surface area (Å²) >= 11 is 0. The maximum Gasteiger partial charge on any atom is 0.0560 e. The third kappa shape index (κ3) is 6.84. The summed E-state index contributed by atoms with van der Waals surface area (Å²) in [5.74, 6) is 0.348. The zero-order chi connectivity index (χ0) is 31.7. The topological polar surface area (TPSA) is 27.5 Å². The number of piperidine rings is 2. The molecule has 1 atom stereocenters. The van der Waals surface area contributed by atoms with Gasteiger partial charge < -0.3 is 14.4 Å². The third-order valence-corrected chi connectivity index (χ3v) is 11.0. The Hall–Kier alpha value is -2.79. The molecule has 244 valence electrons. The SMILES string of the molecule is C=C(C)CCC(C)(C)Cc1c(-c2cc(N3CCN4CCCCC4C3)cnc2C(C)C)n(CC)c2ccc(N3CCCCC3)cc12. The summed E-state index contributed by atoms with van der Waals surface area (Å²) in [5.41, 5.74) is 11.0. The number of hydrogen-bond acceptors (Lipinski definition) is 4. The molecule has 45 heavy (non-hydrogen) atoms. The zero-order valence-electron chi connectivity index (χ0n) is 29.3. The van der Waals surface area contributed by atoms with E-state index >= 15 is 0 Å². The first kappa shape index (κ1) is 32.2. The molecule has 0 amide bonds. The van der Waals surface area contributed by atoms with E-state index in [1.54, 1.807) is 0 Å². The minimum atomic E-state index is 0.155. The first-order valence-corrected chi connectivity index (χ1v) is 18.2. The number of aromatic nitrogens is 2. The Morgan fingerprint density at radius 1 is 0.956 bits per heavy atom. The van der Waals surface area contributed by atoms with Crippen LogP contribution < -0.4 is 9.80 Å². The molecule has 6 rings (SSSR count). The van der Waals surface area contributed by atoms with Crippen molar-refractivity contribution < 1.29 is 0 Å². The van der Waals surface area contributed by atoms with Crippen LogP contribution in [-0.2, 0) is 13.0 Å². The standard InChI is InChI=1S/C40H59N5/c1-8-45-37-16-15-31(42-19-11-9-12-20-42)24-34(37)36(26-40(6,7)18-17-29(2)3)39(45)35-25-33(27-41-38(35)30(4)5)44-23-22-43-21-13-10-14-32(43)28-44/h15-16,24-25,27,30,32H,2,8-14,17-23,26,28H2,1,3-7H3. The molecule has 0 N–H and O–H groups in total. The molecule has 0 aliphatic carbocycles. The highest BCUT2D eigenvalue weighted by Gasteiger charge is 2.31. The van der Waals surface area contributed by atoms with Crippen LogP contribution in [0.3, 0.4) is 0 Å². The Balaban J connectivity index is 1.50. The van der Waals surface area contributed by atoms with Crippen LogP contribution in [0, 0.1) is 5.41 Å². The van der Waals surface area contributed by atoms with Crippen molar-refractivity contribution in [1.82, 2.24) is 14.5 Å². The van der Waals surface area contributed by atoms with Gasteiger partial charge in [0.25, 0.3) is 0 Å². The second kappa shape index (κ2) is 13.5. The van der Waals surface area contributed by atoms with Crippen LogP contribution in [0.4, 0.5) is 11.4 Å². The van der Waals surface area contributed by atoms with Gasteiger partial charge in [-0.25, -0.2) is 0 Å². The van der Waals surface area contributed by atoms with Crippen LogP contribution in [0.1, 0.15) is 110 Å². The summed E-state index contributed by atoms with van der Waals surface area (Å²) in [5, 5.41) is 1.44. The molecule has 5 nitrogen and oxygen atoms in total. The van der Waals surface area contributed by atoms with Crippen LogP contribution in [0.5, 0.6) is 0 Å². The summed E-state index contributed by atoms with van der Waals surface area (Å²) in [6.07, 6.45) is 13.5. The first-order chi connectivity index (χ1) is 21.6. The van der Waals surface area contributed by atoms with Crippen LogP contribution >= 0.6 is 0 Å². The highest BCUT2D eigenvalue weighted by atomic mass is 15.3. The summed E-state index contributed by atoms with van der Waals surface area (Å²) < 4.78 is 2.62. The van der Waals surface area contributed by atoms with Crippen molar-refractivity contribution in [3.8, 4) is 11.3 Å². The van der Waals surface area contributed by atoms with Gasteiger partial charge in [-0.1, -0.05) is 39.7 Å². The van der Waals surface area contributed by atoms with Gasteiger partial charge in [0.05, 0.1) is 23.3 Å². The minimum Gasteiger partial charge on any atom is -0.372 e. The van der Waals surface area contributed by atoms with Gasteiger partial charge in [-0.05, 0) is 113 Å². The second-order valence-corrected chi connectivity index (χ2v) is 15.5. The third-order valence-electron chi connectivity index (χ3n) is 11.0. The van der Waals surface area contributed by atoms with E-state index in [0.717, 1.165) is 38.9 Å². The van der Waals surface area contributed by atoms with Crippen LogP contribution in [-0.4, -0.2) is 59.8 Å². The molecule has 0 radical (unpaired) electrons. The number of hydrogen-bond donors (Lipinski definition) is 0. The molecule has 3 aromatic rings. The molecule has 2 aromatic heterocycles. The maximum atomic E-state index is 5.28.